The molecule has 2 aromatic heterocycles. The molecular formula is C18H14N6O3S2. The summed E-state index contributed by atoms with van der Waals surface area (Å²) in [5.41, 5.74) is 2.46. The standard InChI is InChI=1S/C18H14N6O3S2/c1-27-14-8-4-12(5-9-14)19-17-22-23-18(29-17)21-16-20-15(10-28-16)11-2-6-13(7-3-11)24(25)26/h2-10H,1H3,(H,19,22)(H,20,21,23). The van der Waals surface area contributed by atoms with Gasteiger partial charge in [-0.2, -0.15) is 0 Å². The van der Waals surface area contributed by atoms with E-state index in [1.165, 1.54) is 34.8 Å². The van der Waals surface area contributed by atoms with Crippen molar-refractivity contribution < 1.29 is 9.66 Å². The number of nitrogens with zero attached hydrogens (tertiary/aromatic N) is 4. The molecule has 2 N–H and O–H groups in total. The first-order valence-electron chi connectivity index (χ1n) is 8.33. The normalized spacial score (nSPS) is 10.5. The fourth-order valence-corrected chi connectivity index (χ4v) is 3.88. The number of rotatable bonds is 7. The predicted octanol–water partition coefficient (Wildman–Crippen LogP) is 5.07. The van der Waals surface area contributed by atoms with Gasteiger partial charge in [0.05, 0.1) is 17.7 Å². The highest BCUT2D eigenvalue weighted by Crippen LogP contribution is 2.31. The van der Waals surface area contributed by atoms with E-state index in [2.05, 4.69) is 25.8 Å². The van der Waals surface area contributed by atoms with E-state index in [1.54, 1.807) is 19.2 Å². The van der Waals surface area contributed by atoms with E-state index in [0.29, 0.717) is 15.4 Å². The summed E-state index contributed by atoms with van der Waals surface area (Å²) in [4.78, 5) is 14.8. The summed E-state index contributed by atoms with van der Waals surface area (Å²) in [5.74, 6) is 0.780. The second-order valence-electron chi connectivity index (χ2n) is 5.73. The monoisotopic (exact) mass is 426 g/mol. The minimum absolute atomic E-state index is 0.0491. The number of nitro groups is 1. The molecule has 2 heterocycles. The number of ether oxygens (including phenoxy) is 1. The molecule has 0 aliphatic rings. The topological polar surface area (TPSA) is 115 Å². The lowest BCUT2D eigenvalue weighted by atomic mass is 10.1. The molecule has 9 nitrogen and oxygen atoms in total. The van der Waals surface area contributed by atoms with Gasteiger partial charge in [0.15, 0.2) is 5.13 Å². The molecule has 0 atom stereocenters. The Morgan fingerprint density at radius 1 is 0.966 bits per heavy atom. The van der Waals surface area contributed by atoms with Gasteiger partial charge in [0, 0.05) is 28.8 Å². The number of methoxy groups -OCH3 is 1. The van der Waals surface area contributed by atoms with Gasteiger partial charge in [-0.15, -0.1) is 21.5 Å². The van der Waals surface area contributed by atoms with Crippen LogP contribution in [0.1, 0.15) is 0 Å². The highest BCUT2D eigenvalue weighted by molar-refractivity contribution is 7.19. The Kier molecular flexibility index (Phi) is 5.31. The highest BCUT2D eigenvalue weighted by Gasteiger charge is 2.10. The zero-order valence-electron chi connectivity index (χ0n) is 15.0. The molecule has 4 aromatic rings. The molecule has 0 radical (unpaired) electrons. The van der Waals surface area contributed by atoms with Crippen molar-refractivity contribution in [2.24, 2.45) is 0 Å². The molecule has 0 spiro atoms. The average Bonchev–Trinajstić information content (AvgIpc) is 3.38. The van der Waals surface area contributed by atoms with Crippen LogP contribution in [0, 0.1) is 10.1 Å². The number of aromatic nitrogens is 3. The van der Waals surface area contributed by atoms with Crippen molar-refractivity contribution in [1.29, 1.82) is 0 Å². The van der Waals surface area contributed by atoms with Crippen molar-refractivity contribution in [1.82, 2.24) is 15.2 Å². The molecule has 0 saturated heterocycles. The van der Waals surface area contributed by atoms with Gasteiger partial charge in [-0.3, -0.25) is 10.1 Å². The lowest BCUT2D eigenvalue weighted by Gasteiger charge is -2.03. The molecule has 0 saturated carbocycles. The van der Waals surface area contributed by atoms with E-state index in [1.807, 2.05) is 29.6 Å². The molecule has 0 unspecified atom stereocenters. The quantitative estimate of drug-likeness (QED) is 0.311. The number of anilines is 4. The van der Waals surface area contributed by atoms with Gasteiger partial charge in [0.2, 0.25) is 10.3 Å². The Balaban J connectivity index is 1.41. The van der Waals surface area contributed by atoms with Crippen molar-refractivity contribution in [2.45, 2.75) is 0 Å². The van der Waals surface area contributed by atoms with Crippen LogP contribution in [0.4, 0.5) is 26.8 Å². The molecule has 0 aliphatic carbocycles. The van der Waals surface area contributed by atoms with Gasteiger partial charge >= 0.3 is 0 Å². The summed E-state index contributed by atoms with van der Waals surface area (Å²) in [5, 5.41) is 29.1. The largest absolute Gasteiger partial charge is 0.497 e. The smallest absolute Gasteiger partial charge is 0.269 e. The van der Waals surface area contributed by atoms with E-state index in [0.717, 1.165) is 22.7 Å². The lowest BCUT2D eigenvalue weighted by molar-refractivity contribution is -0.384. The summed E-state index contributed by atoms with van der Waals surface area (Å²) < 4.78 is 5.14. The van der Waals surface area contributed by atoms with E-state index in [9.17, 15) is 10.1 Å². The Labute approximate surface area is 173 Å². The van der Waals surface area contributed by atoms with Crippen LogP contribution in [0.25, 0.3) is 11.3 Å². The van der Waals surface area contributed by atoms with E-state index in [-0.39, 0.29) is 5.69 Å². The summed E-state index contributed by atoms with van der Waals surface area (Å²) >= 11 is 2.77. The molecule has 2 aromatic carbocycles. The van der Waals surface area contributed by atoms with Gasteiger partial charge in [-0.05, 0) is 36.4 Å². The van der Waals surface area contributed by atoms with Crippen LogP contribution in [-0.4, -0.2) is 27.2 Å². The molecule has 4 rings (SSSR count). The maximum Gasteiger partial charge on any atom is 0.269 e. The van der Waals surface area contributed by atoms with Crippen molar-refractivity contribution in [3.8, 4) is 17.0 Å². The number of non-ortho nitro benzene ring substituents is 1. The second-order valence-corrected chi connectivity index (χ2v) is 7.57. The lowest BCUT2D eigenvalue weighted by Crippen LogP contribution is -1.90. The van der Waals surface area contributed by atoms with Crippen LogP contribution in [0.3, 0.4) is 0 Å². The van der Waals surface area contributed by atoms with Gasteiger partial charge < -0.3 is 15.4 Å². The minimum Gasteiger partial charge on any atom is -0.497 e. The number of hydrogen-bond donors (Lipinski definition) is 2. The van der Waals surface area contributed by atoms with Crippen molar-refractivity contribution in [3.05, 3.63) is 64.0 Å². The first kappa shape index (κ1) is 18.8. The van der Waals surface area contributed by atoms with Crippen LogP contribution in [0.5, 0.6) is 5.75 Å². The first-order valence-corrected chi connectivity index (χ1v) is 10.0. The number of nitrogens with one attached hydrogen (secondary N) is 2. The Morgan fingerprint density at radius 2 is 1.66 bits per heavy atom. The Morgan fingerprint density at radius 3 is 2.31 bits per heavy atom. The molecule has 0 fully saturated rings. The van der Waals surface area contributed by atoms with Gasteiger partial charge in [-0.25, -0.2) is 4.98 Å². The van der Waals surface area contributed by atoms with Crippen LogP contribution < -0.4 is 15.4 Å². The minimum atomic E-state index is -0.426. The fourth-order valence-electron chi connectivity index (χ4n) is 2.43. The number of benzene rings is 2. The fraction of sp³-hybridized carbons (Fsp3) is 0.0556. The van der Waals surface area contributed by atoms with Crippen LogP contribution >= 0.6 is 22.7 Å². The van der Waals surface area contributed by atoms with Crippen LogP contribution in [-0.2, 0) is 0 Å². The average molecular weight is 426 g/mol. The van der Waals surface area contributed by atoms with Crippen molar-refractivity contribution in [2.75, 3.05) is 17.7 Å². The van der Waals surface area contributed by atoms with Gasteiger partial charge in [0.1, 0.15) is 5.75 Å². The van der Waals surface area contributed by atoms with E-state index >= 15 is 0 Å². The molecule has 0 amide bonds. The summed E-state index contributed by atoms with van der Waals surface area (Å²) in [7, 11) is 1.62. The number of thiazole rings is 1. The second kappa shape index (κ2) is 8.20. The summed E-state index contributed by atoms with van der Waals surface area (Å²) in [6.45, 7) is 0. The predicted molar refractivity (Wildman–Crippen MR) is 114 cm³/mol. The Hall–Kier alpha value is -3.57. The molecule has 146 valence electrons. The van der Waals surface area contributed by atoms with Crippen LogP contribution in [0.2, 0.25) is 0 Å². The van der Waals surface area contributed by atoms with Crippen molar-refractivity contribution >= 4 is 49.4 Å². The summed E-state index contributed by atoms with van der Waals surface area (Å²) in [6.07, 6.45) is 0. The number of nitro benzene ring substituents is 1. The van der Waals surface area contributed by atoms with E-state index in [4.69, 9.17) is 4.74 Å². The highest BCUT2D eigenvalue weighted by atomic mass is 32.1. The zero-order chi connectivity index (χ0) is 20.2. The maximum absolute atomic E-state index is 10.8. The molecule has 0 bridgehead atoms. The van der Waals surface area contributed by atoms with Gasteiger partial charge in [0.25, 0.3) is 5.69 Å². The summed E-state index contributed by atoms with van der Waals surface area (Å²) in [6, 6.07) is 13.8. The SMILES string of the molecule is COc1ccc(Nc2nnc(Nc3nc(-c4ccc([N+](=O)[O-])cc4)cs3)s2)cc1. The number of hydrogen-bond acceptors (Lipinski definition) is 10. The van der Waals surface area contributed by atoms with Crippen molar-refractivity contribution in [3.63, 3.8) is 0 Å². The first-order chi connectivity index (χ1) is 14.1. The van der Waals surface area contributed by atoms with E-state index < -0.39 is 4.92 Å². The molecule has 11 heteroatoms. The third-order valence-electron chi connectivity index (χ3n) is 3.86. The third-order valence-corrected chi connectivity index (χ3v) is 5.37. The molecule has 0 aliphatic heterocycles. The third kappa shape index (κ3) is 4.47. The van der Waals surface area contributed by atoms with Gasteiger partial charge in [-0.1, -0.05) is 11.3 Å². The zero-order valence-corrected chi connectivity index (χ0v) is 16.7. The maximum atomic E-state index is 10.8. The van der Waals surface area contributed by atoms with Crippen LogP contribution in [0.15, 0.2) is 53.9 Å². The molecular weight excluding hydrogens is 412 g/mol. The Bertz CT molecular complexity index is 1130. The molecule has 29 heavy (non-hydrogen) atoms.